The Hall–Kier alpha value is -0.0603. The number of hydrogen-bond donors (Lipinski definition) is 0. The lowest BCUT2D eigenvalue weighted by Gasteiger charge is -2.44. The first kappa shape index (κ1) is 36.8. The molecular formula is C32H62B4O8. The van der Waals surface area contributed by atoms with Gasteiger partial charge in [0.05, 0.1) is 44.8 Å². The van der Waals surface area contributed by atoms with Crippen LogP contribution < -0.4 is 0 Å². The summed E-state index contributed by atoms with van der Waals surface area (Å²) in [5.41, 5.74) is -5.23. The third-order valence-electron chi connectivity index (χ3n) is 12.6. The fourth-order valence-corrected chi connectivity index (χ4v) is 6.52. The van der Waals surface area contributed by atoms with Gasteiger partial charge in [-0.3, -0.25) is 0 Å². The summed E-state index contributed by atoms with van der Waals surface area (Å²) in [6.45, 7) is 35.7. The van der Waals surface area contributed by atoms with Crippen molar-refractivity contribution in [3.8, 4) is 0 Å². The predicted octanol–water partition coefficient (Wildman–Crippen LogP) is 7.51. The molecule has 0 aromatic rings. The lowest BCUT2D eigenvalue weighted by atomic mass is 9.22. The highest BCUT2D eigenvalue weighted by Crippen LogP contribution is 2.64. The first-order valence-electron chi connectivity index (χ1n) is 17.1. The van der Waals surface area contributed by atoms with E-state index in [2.05, 4.69) is 118 Å². The molecule has 0 spiro atoms. The molecule has 4 aliphatic rings. The summed E-state index contributed by atoms with van der Waals surface area (Å²) in [5, 5.41) is -0.938. The third kappa shape index (κ3) is 5.92. The van der Waals surface area contributed by atoms with Gasteiger partial charge in [0.2, 0.25) is 0 Å². The van der Waals surface area contributed by atoms with Crippen molar-refractivity contribution in [3.63, 3.8) is 0 Å². The zero-order valence-electron chi connectivity index (χ0n) is 31.2. The van der Waals surface area contributed by atoms with Crippen molar-refractivity contribution in [2.24, 2.45) is 0 Å². The maximum atomic E-state index is 7.04. The number of unbranched alkanes of at least 4 members (excludes halogenated alkanes) is 3. The molecule has 0 saturated carbocycles. The minimum Gasteiger partial charge on any atom is -0.403 e. The van der Waals surface area contributed by atoms with E-state index in [0.29, 0.717) is 6.42 Å². The highest BCUT2D eigenvalue weighted by molar-refractivity contribution is 6.81. The van der Waals surface area contributed by atoms with Crippen LogP contribution in [0.15, 0.2) is 0 Å². The first-order chi connectivity index (χ1) is 19.7. The second-order valence-corrected chi connectivity index (χ2v) is 17.9. The SMILES string of the molecule is CCCCCCC(B1OC(C)(C)C(C)(C)O1)(B1OC(C)(C)C(C)(C)O1)C(B1OC(C)(C)C(C)(C)O1)B1OC(C)(C)C(C)(C)O1. The first-order valence-corrected chi connectivity index (χ1v) is 17.1. The minimum absolute atomic E-state index is 0.532. The maximum Gasteiger partial charge on any atom is 0.461 e. The van der Waals surface area contributed by atoms with E-state index in [4.69, 9.17) is 37.2 Å². The van der Waals surface area contributed by atoms with Gasteiger partial charge in [0.15, 0.2) is 0 Å². The highest BCUT2D eigenvalue weighted by atomic mass is 16.7. The molecule has 4 heterocycles. The lowest BCUT2D eigenvalue weighted by molar-refractivity contribution is 0.00578. The Balaban J connectivity index is 1.99. The zero-order chi connectivity index (χ0) is 33.6. The normalized spacial score (nSPS) is 29.3. The summed E-state index contributed by atoms with van der Waals surface area (Å²) in [4.78, 5) is 0. The molecule has 0 aromatic carbocycles. The van der Waals surface area contributed by atoms with Gasteiger partial charge in [0.25, 0.3) is 0 Å². The van der Waals surface area contributed by atoms with Crippen LogP contribution in [0, 0.1) is 0 Å². The van der Waals surface area contributed by atoms with Gasteiger partial charge < -0.3 is 37.2 Å². The molecule has 0 aliphatic carbocycles. The molecule has 4 saturated heterocycles. The Labute approximate surface area is 271 Å². The minimum atomic E-state index is -0.938. The van der Waals surface area contributed by atoms with Crippen molar-refractivity contribution in [1.82, 2.24) is 0 Å². The van der Waals surface area contributed by atoms with E-state index >= 15 is 0 Å². The molecule has 4 fully saturated rings. The molecule has 0 N–H and O–H groups in total. The summed E-state index contributed by atoms with van der Waals surface area (Å²) < 4.78 is 55.9. The maximum absolute atomic E-state index is 7.04. The second kappa shape index (κ2) is 11.2. The third-order valence-corrected chi connectivity index (χ3v) is 12.6. The van der Waals surface area contributed by atoms with Crippen LogP contribution in [0.2, 0.25) is 10.9 Å². The standard InChI is InChI=1S/C32H62B4O8/c1-18-19-20-21-22-32(35-41-28(10,11)29(12,13)42-35,36-43-30(14,15)31(16,17)44-36)23(33-37-24(2,3)25(4,5)38-33)34-39-26(6,7)27(8,9)40-34/h23H,18-22H2,1-17H3. The van der Waals surface area contributed by atoms with Crippen molar-refractivity contribution < 1.29 is 37.2 Å². The molecule has 0 bridgehead atoms. The average molecular weight is 618 g/mol. The summed E-state index contributed by atoms with van der Waals surface area (Å²) in [5.74, 6) is 0. The van der Waals surface area contributed by atoms with Crippen LogP contribution >= 0.6 is 0 Å². The molecule has 0 unspecified atom stereocenters. The largest absolute Gasteiger partial charge is 0.461 e. The van der Waals surface area contributed by atoms with Crippen LogP contribution in [0.25, 0.3) is 0 Å². The van der Waals surface area contributed by atoms with Gasteiger partial charge in [-0.15, -0.1) is 0 Å². The van der Waals surface area contributed by atoms with E-state index in [1.807, 2.05) is 0 Å². The van der Waals surface area contributed by atoms with Crippen molar-refractivity contribution in [2.75, 3.05) is 0 Å². The Morgan fingerprint density at radius 2 is 0.682 bits per heavy atom. The molecule has 8 nitrogen and oxygen atoms in total. The Morgan fingerprint density at radius 3 is 0.955 bits per heavy atom. The van der Waals surface area contributed by atoms with E-state index in [-0.39, 0.29) is 0 Å². The van der Waals surface area contributed by atoms with E-state index < -0.39 is 84.2 Å². The van der Waals surface area contributed by atoms with Crippen LogP contribution in [-0.4, -0.2) is 73.3 Å². The molecule has 0 atom stereocenters. The van der Waals surface area contributed by atoms with Gasteiger partial charge in [-0.2, -0.15) is 0 Å². The second-order valence-electron chi connectivity index (χ2n) is 17.9. The molecular weight excluding hydrogens is 556 g/mol. The van der Waals surface area contributed by atoms with Crippen LogP contribution in [0.1, 0.15) is 150 Å². The summed E-state index contributed by atoms with van der Waals surface area (Å²) >= 11 is 0. The quantitative estimate of drug-likeness (QED) is 0.184. The number of hydrogen-bond acceptors (Lipinski definition) is 8. The summed E-state index contributed by atoms with van der Waals surface area (Å²) in [7, 11) is -2.85. The molecule has 4 aliphatic heterocycles. The zero-order valence-corrected chi connectivity index (χ0v) is 31.2. The fourth-order valence-electron chi connectivity index (χ4n) is 6.52. The Bertz CT molecular complexity index is 921. The monoisotopic (exact) mass is 618 g/mol. The molecule has 250 valence electrons. The van der Waals surface area contributed by atoms with E-state index in [0.717, 1.165) is 25.7 Å². The smallest absolute Gasteiger partial charge is 0.403 e. The van der Waals surface area contributed by atoms with Gasteiger partial charge >= 0.3 is 28.5 Å². The summed E-state index contributed by atoms with van der Waals surface area (Å²) in [6, 6.07) is 0. The van der Waals surface area contributed by atoms with E-state index in [1.165, 1.54) is 0 Å². The van der Waals surface area contributed by atoms with Crippen molar-refractivity contribution >= 4 is 28.5 Å². The molecule has 0 aromatic heterocycles. The fraction of sp³-hybridized carbons (Fsp3) is 1.00. The van der Waals surface area contributed by atoms with E-state index in [9.17, 15) is 0 Å². The van der Waals surface area contributed by atoms with Crippen molar-refractivity contribution in [1.29, 1.82) is 0 Å². The highest BCUT2D eigenvalue weighted by Gasteiger charge is 2.78. The lowest BCUT2D eigenvalue weighted by Crippen LogP contribution is -2.59. The van der Waals surface area contributed by atoms with Crippen molar-refractivity contribution in [2.45, 2.75) is 206 Å². The molecule has 12 heteroatoms. The summed E-state index contributed by atoms with van der Waals surface area (Å²) in [6.07, 6.45) is 4.89. The van der Waals surface area contributed by atoms with Gasteiger partial charge in [-0.1, -0.05) is 39.0 Å². The van der Waals surface area contributed by atoms with Crippen molar-refractivity contribution in [3.05, 3.63) is 0 Å². The topological polar surface area (TPSA) is 73.8 Å². The molecule has 44 heavy (non-hydrogen) atoms. The van der Waals surface area contributed by atoms with E-state index in [1.54, 1.807) is 0 Å². The predicted molar refractivity (Wildman–Crippen MR) is 180 cm³/mol. The molecule has 0 amide bonds. The molecule has 0 radical (unpaired) electrons. The Kier molecular flexibility index (Phi) is 9.40. The van der Waals surface area contributed by atoms with Gasteiger partial charge in [-0.25, -0.2) is 0 Å². The molecule has 4 rings (SSSR count). The Morgan fingerprint density at radius 1 is 0.409 bits per heavy atom. The van der Waals surface area contributed by atoms with Gasteiger partial charge in [0.1, 0.15) is 0 Å². The number of rotatable bonds is 10. The van der Waals surface area contributed by atoms with Crippen LogP contribution in [0.3, 0.4) is 0 Å². The van der Waals surface area contributed by atoms with Gasteiger partial charge in [-0.05, 0) is 111 Å². The van der Waals surface area contributed by atoms with Crippen LogP contribution in [0.4, 0.5) is 0 Å². The van der Waals surface area contributed by atoms with Crippen LogP contribution in [0.5, 0.6) is 0 Å². The van der Waals surface area contributed by atoms with Gasteiger partial charge in [0, 0.05) is 10.9 Å². The average Bonchev–Trinajstić information content (AvgIpc) is 3.36. The van der Waals surface area contributed by atoms with Crippen LogP contribution in [-0.2, 0) is 37.2 Å².